The Kier molecular flexibility index (Phi) is 5.61. The van der Waals surface area contributed by atoms with Gasteiger partial charge in [-0.25, -0.2) is 4.79 Å². The van der Waals surface area contributed by atoms with Crippen molar-refractivity contribution >= 4 is 13.6 Å². The lowest BCUT2D eigenvalue weighted by Crippen LogP contribution is -2.51. The third-order valence-corrected chi connectivity index (χ3v) is 4.41. The van der Waals surface area contributed by atoms with Gasteiger partial charge in [0.05, 0.1) is 19.4 Å². The van der Waals surface area contributed by atoms with Crippen LogP contribution in [0.5, 0.6) is 0 Å². The first-order chi connectivity index (χ1) is 10.7. The van der Waals surface area contributed by atoms with Gasteiger partial charge in [-0.2, -0.15) is 0 Å². The quantitative estimate of drug-likeness (QED) is 0.593. The molecule has 2 heterocycles. The zero-order valence-electron chi connectivity index (χ0n) is 13.0. The summed E-state index contributed by atoms with van der Waals surface area (Å²) in [5.41, 5.74) is 1.31. The lowest BCUT2D eigenvalue weighted by molar-refractivity contribution is -0.0668. The number of nitrogens with zero attached hydrogens (tertiary/aromatic N) is 1. The second-order valence-corrected chi connectivity index (χ2v) is 7.13. The fourth-order valence-corrected chi connectivity index (χ4v) is 2.71. The summed E-state index contributed by atoms with van der Waals surface area (Å²) in [6, 6.07) is -0.386. The first-order valence-electron chi connectivity index (χ1n) is 7.00. The highest BCUT2D eigenvalue weighted by atomic mass is 31.2. The molecule has 0 unspecified atom stereocenters. The molecule has 2 aliphatic rings. The predicted molar refractivity (Wildman–Crippen MR) is 80.5 cm³/mol. The molecule has 0 bridgehead atoms. The molecular formula is C13H21N2O7P. The molecule has 2 rings (SSSR count). The Balaban J connectivity index is 2.03. The van der Waals surface area contributed by atoms with E-state index in [1.54, 1.807) is 13.1 Å². The number of ether oxygens (including phenoxy) is 3. The summed E-state index contributed by atoms with van der Waals surface area (Å²) >= 11 is 0. The van der Waals surface area contributed by atoms with E-state index >= 15 is 0 Å². The number of amides is 2. The molecule has 1 fully saturated rings. The van der Waals surface area contributed by atoms with Crippen molar-refractivity contribution in [3.05, 3.63) is 24.0 Å². The summed E-state index contributed by atoms with van der Waals surface area (Å²) in [5, 5.41) is 2.62. The van der Waals surface area contributed by atoms with E-state index in [4.69, 9.17) is 24.0 Å². The average Bonchev–Trinajstić information content (AvgIpc) is 2.84. The molecule has 23 heavy (non-hydrogen) atoms. The highest BCUT2D eigenvalue weighted by molar-refractivity contribution is 7.51. The van der Waals surface area contributed by atoms with Crippen molar-refractivity contribution in [3.63, 3.8) is 0 Å². The molecule has 0 aromatic heterocycles. The number of methoxy groups -OCH3 is 1. The van der Waals surface area contributed by atoms with Gasteiger partial charge in [-0.1, -0.05) is 6.58 Å². The smallest absolute Gasteiger partial charge is 0.328 e. The molecule has 0 saturated carbocycles. The maximum atomic E-state index is 12.1. The highest BCUT2D eigenvalue weighted by Gasteiger charge is 2.44. The number of hydrogen-bond acceptors (Lipinski definition) is 5. The molecule has 3 atom stereocenters. The van der Waals surface area contributed by atoms with Crippen molar-refractivity contribution in [2.24, 2.45) is 0 Å². The van der Waals surface area contributed by atoms with Gasteiger partial charge >= 0.3 is 13.6 Å². The van der Waals surface area contributed by atoms with Crippen molar-refractivity contribution in [2.75, 3.05) is 26.5 Å². The molecule has 0 aromatic rings. The van der Waals surface area contributed by atoms with Crippen LogP contribution in [0.1, 0.15) is 6.92 Å². The summed E-state index contributed by atoms with van der Waals surface area (Å²) in [7, 11) is -2.66. The Hall–Kier alpha value is -1.22. The largest absolute Gasteiger partial charge is 0.374 e. The SMILES string of the molecule is C=C1NC(=O)N([C@@H]2OC[C@H](OCCP(=O)(O)O)[C@H]2OC)C=C1C. The Morgan fingerprint density at radius 1 is 1.57 bits per heavy atom. The maximum absolute atomic E-state index is 12.1. The summed E-state index contributed by atoms with van der Waals surface area (Å²) in [5.74, 6) is 0. The van der Waals surface area contributed by atoms with E-state index in [2.05, 4.69) is 11.9 Å². The number of allylic oxidation sites excluding steroid dienone is 1. The van der Waals surface area contributed by atoms with Gasteiger partial charge in [0.15, 0.2) is 6.23 Å². The van der Waals surface area contributed by atoms with Gasteiger partial charge in [0.2, 0.25) is 0 Å². The summed E-state index contributed by atoms with van der Waals surface area (Å²) in [6.45, 7) is 5.56. The van der Waals surface area contributed by atoms with Gasteiger partial charge in [-0.3, -0.25) is 9.46 Å². The van der Waals surface area contributed by atoms with Crippen molar-refractivity contribution in [1.82, 2.24) is 10.2 Å². The van der Waals surface area contributed by atoms with Crippen LogP contribution < -0.4 is 5.32 Å². The lowest BCUT2D eigenvalue weighted by Gasteiger charge is -2.33. The molecule has 0 spiro atoms. The van der Waals surface area contributed by atoms with Crippen LogP contribution >= 0.6 is 7.60 Å². The molecular weight excluding hydrogens is 327 g/mol. The van der Waals surface area contributed by atoms with Gasteiger partial charge in [0.1, 0.15) is 12.2 Å². The van der Waals surface area contributed by atoms with E-state index in [0.717, 1.165) is 5.57 Å². The van der Waals surface area contributed by atoms with Crippen LogP contribution in [-0.2, 0) is 18.8 Å². The second-order valence-electron chi connectivity index (χ2n) is 5.35. The van der Waals surface area contributed by atoms with Gasteiger partial charge in [0.25, 0.3) is 0 Å². The first-order valence-corrected chi connectivity index (χ1v) is 8.80. The monoisotopic (exact) mass is 348 g/mol. The molecule has 2 amide bonds. The molecule has 130 valence electrons. The maximum Gasteiger partial charge on any atom is 0.328 e. The Labute approximate surface area is 134 Å². The number of nitrogens with one attached hydrogen (secondary N) is 1. The van der Waals surface area contributed by atoms with Crippen LogP contribution in [0.25, 0.3) is 0 Å². The van der Waals surface area contributed by atoms with Crippen molar-refractivity contribution in [3.8, 4) is 0 Å². The minimum absolute atomic E-state index is 0.122. The third-order valence-electron chi connectivity index (χ3n) is 3.64. The zero-order valence-corrected chi connectivity index (χ0v) is 13.9. The predicted octanol–water partition coefficient (Wildman–Crippen LogP) is 0.363. The molecule has 2 aliphatic heterocycles. The fourth-order valence-electron chi connectivity index (χ4n) is 2.37. The normalized spacial score (nSPS) is 28.8. The molecule has 0 radical (unpaired) electrons. The minimum Gasteiger partial charge on any atom is -0.374 e. The van der Waals surface area contributed by atoms with E-state index in [0.29, 0.717) is 5.70 Å². The van der Waals surface area contributed by atoms with Crippen LogP contribution in [0.4, 0.5) is 4.79 Å². The highest BCUT2D eigenvalue weighted by Crippen LogP contribution is 2.34. The van der Waals surface area contributed by atoms with E-state index in [-0.39, 0.29) is 25.4 Å². The lowest BCUT2D eigenvalue weighted by atomic mass is 10.1. The Morgan fingerprint density at radius 2 is 2.26 bits per heavy atom. The van der Waals surface area contributed by atoms with E-state index < -0.39 is 26.0 Å². The first kappa shape index (κ1) is 18.1. The topological polar surface area (TPSA) is 118 Å². The standard InChI is InChI=1S/C13H21N2O7P/c1-8-6-15(13(16)14-9(8)2)12-11(20-3)10(7-22-12)21-4-5-23(17,18)19/h6,10-12H,2,4-5,7H2,1,3H3,(H,14,16)(H2,17,18,19)/t10-,11+,12+/m0/s1. The second kappa shape index (κ2) is 7.12. The summed E-state index contributed by atoms with van der Waals surface area (Å²) in [6.07, 6.45) is -0.553. The number of rotatable bonds is 6. The molecule has 0 aliphatic carbocycles. The van der Waals surface area contributed by atoms with Crippen LogP contribution in [0, 0.1) is 0 Å². The number of urea groups is 1. The average molecular weight is 348 g/mol. The van der Waals surface area contributed by atoms with Crippen molar-refractivity contribution in [2.45, 2.75) is 25.4 Å². The van der Waals surface area contributed by atoms with Gasteiger partial charge in [-0.05, 0) is 12.5 Å². The molecule has 1 saturated heterocycles. The molecule has 3 N–H and O–H groups in total. The van der Waals surface area contributed by atoms with E-state index in [1.165, 1.54) is 12.0 Å². The van der Waals surface area contributed by atoms with Crippen molar-refractivity contribution in [1.29, 1.82) is 0 Å². The Bertz CT molecular complexity index is 559. The van der Waals surface area contributed by atoms with E-state index in [9.17, 15) is 9.36 Å². The van der Waals surface area contributed by atoms with Crippen LogP contribution in [0.2, 0.25) is 0 Å². The van der Waals surface area contributed by atoms with Gasteiger partial charge < -0.3 is 29.3 Å². The van der Waals surface area contributed by atoms with Gasteiger partial charge in [-0.15, -0.1) is 0 Å². The van der Waals surface area contributed by atoms with Crippen molar-refractivity contribution < 1.29 is 33.4 Å². The van der Waals surface area contributed by atoms with E-state index in [1.807, 2.05) is 0 Å². The van der Waals surface area contributed by atoms with Crippen LogP contribution in [0.15, 0.2) is 24.0 Å². The Morgan fingerprint density at radius 3 is 2.87 bits per heavy atom. The number of hydrogen-bond donors (Lipinski definition) is 3. The number of carbonyl (C=O) groups excluding carboxylic acids is 1. The minimum atomic E-state index is -4.12. The zero-order chi connectivity index (χ0) is 17.2. The number of carbonyl (C=O) groups is 1. The fraction of sp³-hybridized carbons (Fsp3) is 0.615. The molecule has 10 heteroatoms. The summed E-state index contributed by atoms with van der Waals surface area (Å²) in [4.78, 5) is 31.1. The third kappa shape index (κ3) is 4.41. The molecule has 0 aromatic carbocycles. The van der Waals surface area contributed by atoms with Crippen LogP contribution in [0.3, 0.4) is 0 Å². The molecule has 9 nitrogen and oxygen atoms in total. The van der Waals surface area contributed by atoms with Crippen LogP contribution in [-0.4, -0.2) is 65.6 Å². The summed E-state index contributed by atoms with van der Waals surface area (Å²) < 4.78 is 27.3. The van der Waals surface area contributed by atoms with Gasteiger partial charge in [0, 0.05) is 19.0 Å².